The van der Waals surface area contributed by atoms with Gasteiger partial charge in [-0.05, 0) is 50.5 Å². The molecule has 0 aromatic heterocycles. The van der Waals surface area contributed by atoms with Crippen LogP contribution in [0.3, 0.4) is 0 Å². The SMILES string of the molecule is CCCNC1CC2CCCC(C1)N2CC(C)(C)CC. The van der Waals surface area contributed by atoms with Gasteiger partial charge in [-0.2, -0.15) is 0 Å². The molecule has 0 spiro atoms. The first-order valence-electron chi connectivity index (χ1n) is 8.55. The predicted molar refractivity (Wildman–Crippen MR) is 83.5 cm³/mol. The van der Waals surface area contributed by atoms with Gasteiger partial charge < -0.3 is 5.32 Å². The smallest absolute Gasteiger partial charge is 0.0113 e. The summed E-state index contributed by atoms with van der Waals surface area (Å²) in [6.07, 6.45) is 9.64. The van der Waals surface area contributed by atoms with Crippen molar-refractivity contribution in [3.8, 4) is 0 Å². The van der Waals surface area contributed by atoms with Gasteiger partial charge in [0.25, 0.3) is 0 Å². The Hall–Kier alpha value is -0.0800. The zero-order chi connectivity index (χ0) is 13.9. The van der Waals surface area contributed by atoms with E-state index in [0.29, 0.717) is 5.41 Å². The third-order valence-electron chi connectivity index (χ3n) is 5.38. The normalized spacial score (nSPS) is 32.5. The average molecular weight is 266 g/mol. The van der Waals surface area contributed by atoms with E-state index in [1.165, 1.54) is 58.0 Å². The maximum Gasteiger partial charge on any atom is 0.0113 e. The lowest BCUT2D eigenvalue weighted by atomic mass is 9.79. The van der Waals surface area contributed by atoms with Crippen LogP contribution in [0.2, 0.25) is 0 Å². The Labute approximate surface area is 120 Å². The van der Waals surface area contributed by atoms with Crippen molar-refractivity contribution in [1.82, 2.24) is 10.2 Å². The van der Waals surface area contributed by atoms with Crippen LogP contribution in [0.1, 0.15) is 72.6 Å². The number of hydrogen-bond donors (Lipinski definition) is 1. The summed E-state index contributed by atoms with van der Waals surface area (Å²) in [6, 6.07) is 2.50. The molecule has 2 nitrogen and oxygen atoms in total. The summed E-state index contributed by atoms with van der Waals surface area (Å²) in [6.45, 7) is 12.0. The fraction of sp³-hybridized carbons (Fsp3) is 1.00. The molecule has 2 saturated heterocycles. The molecule has 112 valence electrons. The summed E-state index contributed by atoms with van der Waals surface area (Å²) in [7, 11) is 0. The quantitative estimate of drug-likeness (QED) is 0.786. The maximum atomic E-state index is 3.77. The van der Waals surface area contributed by atoms with Crippen LogP contribution in [0, 0.1) is 5.41 Å². The number of hydrogen-bond acceptors (Lipinski definition) is 2. The topological polar surface area (TPSA) is 15.3 Å². The van der Waals surface area contributed by atoms with Gasteiger partial charge >= 0.3 is 0 Å². The van der Waals surface area contributed by atoms with E-state index in [1.807, 2.05) is 0 Å². The molecule has 0 aromatic carbocycles. The molecule has 0 amide bonds. The van der Waals surface area contributed by atoms with E-state index in [2.05, 4.69) is 37.9 Å². The Bertz CT molecular complexity index is 260. The van der Waals surface area contributed by atoms with Gasteiger partial charge in [0.05, 0.1) is 0 Å². The fourth-order valence-corrected chi connectivity index (χ4v) is 3.86. The van der Waals surface area contributed by atoms with Crippen molar-refractivity contribution in [1.29, 1.82) is 0 Å². The van der Waals surface area contributed by atoms with Crippen molar-refractivity contribution in [2.45, 2.75) is 90.8 Å². The second kappa shape index (κ2) is 6.58. The zero-order valence-corrected chi connectivity index (χ0v) is 13.5. The van der Waals surface area contributed by atoms with Gasteiger partial charge in [-0.15, -0.1) is 0 Å². The molecule has 2 atom stereocenters. The molecule has 2 heteroatoms. The fourth-order valence-electron chi connectivity index (χ4n) is 3.86. The van der Waals surface area contributed by atoms with Gasteiger partial charge in [-0.25, -0.2) is 0 Å². The first-order valence-corrected chi connectivity index (χ1v) is 8.55. The van der Waals surface area contributed by atoms with Gasteiger partial charge in [0.1, 0.15) is 0 Å². The van der Waals surface area contributed by atoms with E-state index in [9.17, 15) is 0 Å². The van der Waals surface area contributed by atoms with Crippen LogP contribution >= 0.6 is 0 Å². The highest BCUT2D eigenvalue weighted by Gasteiger charge is 2.39. The minimum Gasteiger partial charge on any atom is -0.314 e. The summed E-state index contributed by atoms with van der Waals surface area (Å²) in [5, 5.41) is 3.77. The largest absolute Gasteiger partial charge is 0.314 e. The molecule has 2 unspecified atom stereocenters. The Morgan fingerprint density at radius 2 is 1.74 bits per heavy atom. The molecule has 0 aromatic rings. The van der Waals surface area contributed by atoms with E-state index in [1.54, 1.807) is 0 Å². The van der Waals surface area contributed by atoms with E-state index in [0.717, 1.165) is 18.1 Å². The van der Waals surface area contributed by atoms with Crippen LogP contribution in [0.25, 0.3) is 0 Å². The first kappa shape index (κ1) is 15.3. The van der Waals surface area contributed by atoms with E-state index in [4.69, 9.17) is 0 Å². The lowest BCUT2D eigenvalue weighted by Gasteiger charge is -2.51. The Morgan fingerprint density at radius 3 is 2.26 bits per heavy atom. The molecule has 2 heterocycles. The first-order chi connectivity index (χ1) is 9.05. The van der Waals surface area contributed by atoms with Crippen molar-refractivity contribution < 1.29 is 0 Å². The van der Waals surface area contributed by atoms with Crippen molar-refractivity contribution in [3.05, 3.63) is 0 Å². The minimum absolute atomic E-state index is 0.484. The molecule has 19 heavy (non-hydrogen) atoms. The van der Waals surface area contributed by atoms with Crippen molar-refractivity contribution in [2.24, 2.45) is 5.41 Å². The van der Waals surface area contributed by atoms with Crippen molar-refractivity contribution in [3.63, 3.8) is 0 Å². The number of piperidine rings is 2. The summed E-state index contributed by atoms with van der Waals surface area (Å²) < 4.78 is 0. The lowest BCUT2D eigenvalue weighted by Crippen LogP contribution is -2.58. The lowest BCUT2D eigenvalue weighted by molar-refractivity contribution is -0.00310. The van der Waals surface area contributed by atoms with E-state index >= 15 is 0 Å². The van der Waals surface area contributed by atoms with Gasteiger partial charge in [0, 0.05) is 24.7 Å². The van der Waals surface area contributed by atoms with Crippen molar-refractivity contribution in [2.75, 3.05) is 13.1 Å². The van der Waals surface area contributed by atoms with Gasteiger partial charge in [-0.3, -0.25) is 4.90 Å². The molecule has 2 bridgehead atoms. The molecule has 2 rings (SSSR count). The predicted octanol–water partition coefficient (Wildman–Crippen LogP) is 3.81. The van der Waals surface area contributed by atoms with Crippen LogP contribution in [0.15, 0.2) is 0 Å². The van der Waals surface area contributed by atoms with Gasteiger partial charge in [0.15, 0.2) is 0 Å². The molecule has 2 aliphatic rings. The highest BCUT2D eigenvalue weighted by Crippen LogP contribution is 2.37. The second-order valence-electron chi connectivity index (χ2n) is 7.55. The molecule has 0 aliphatic carbocycles. The molecular formula is C17H34N2. The van der Waals surface area contributed by atoms with E-state index < -0.39 is 0 Å². The van der Waals surface area contributed by atoms with Gasteiger partial charge in [-0.1, -0.05) is 34.1 Å². The summed E-state index contributed by atoms with van der Waals surface area (Å²) in [4.78, 5) is 2.87. The molecular weight excluding hydrogens is 232 g/mol. The zero-order valence-electron chi connectivity index (χ0n) is 13.5. The summed E-state index contributed by atoms with van der Waals surface area (Å²) in [5.74, 6) is 0. The number of fused-ring (bicyclic) bond motifs is 2. The third kappa shape index (κ3) is 3.95. The van der Waals surface area contributed by atoms with Crippen molar-refractivity contribution >= 4 is 0 Å². The number of nitrogens with zero attached hydrogens (tertiary/aromatic N) is 1. The Kier molecular flexibility index (Phi) is 5.30. The maximum absolute atomic E-state index is 3.77. The summed E-state index contributed by atoms with van der Waals surface area (Å²) in [5.41, 5.74) is 0.484. The number of rotatable bonds is 6. The van der Waals surface area contributed by atoms with Crippen LogP contribution in [-0.2, 0) is 0 Å². The van der Waals surface area contributed by atoms with Crippen LogP contribution in [0.4, 0.5) is 0 Å². The Morgan fingerprint density at radius 1 is 1.11 bits per heavy atom. The van der Waals surface area contributed by atoms with Crippen LogP contribution in [-0.4, -0.2) is 36.1 Å². The highest BCUT2D eigenvalue weighted by molar-refractivity contribution is 4.96. The van der Waals surface area contributed by atoms with Crippen LogP contribution < -0.4 is 5.32 Å². The highest BCUT2D eigenvalue weighted by atomic mass is 15.2. The summed E-state index contributed by atoms with van der Waals surface area (Å²) >= 11 is 0. The number of nitrogens with one attached hydrogen (secondary N) is 1. The molecule has 2 aliphatic heterocycles. The Balaban J connectivity index is 1.95. The third-order valence-corrected chi connectivity index (χ3v) is 5.38. The molecule has 0 radical (unpaired) electrons. The monoisotopic (exact) mass is 266 g/mol. The molecule has 0 saturated carbocycles. The molecule has 1 N–H and O–H groups in total. The van der Waals surface area contributed by atoms with Gasteiger partial charge in [0.2, 0.25) is 0 Å². The molecule has 2 fully saturated rings. The second-order valence-corrected chi connectivity index (χ2v) is 7.55. The average Bonchev–Trinajstić information content (AvgIpc) is 2.36. The van der Waals surface area contributed by atoms with Crippen LogP contribution in [0.5, 0.6) is 0 Å². The minimum atomic E-state index is 0.484. The van der Waals surface area contributed by atoms with E-state index in [-0.39, 0.29) is 0 Å². The standard InChI is InChI=1S/C17H34N2/c1-5-10-18-14-11-15-8-7-9-16(12-14)19(15)13-17(3,4)6-2/h14-16,18H,5-13H2,1-4H3.